The van der Waals surface area contributed by atoms with Gasteiger partial charge in [-0.2, -0.15) is 0 Å². The number of amides is 1. The van der Waals surface area contributed by atoms with Crippen LogP contribution >= 0.6 is 0 Å². The molecule has 0 heterocycles. The summed E-state index contributed by atoms with van der Waals surface area (Å²) in [6, 6.07) is 12.0. The molecule has 0 saturated carbocycles. The van der Waals surface area contributed by atoms with E-state index in [0.717, 1.165) is 11.1 Å². The number of halogens is 1. The molecule has 2 aromatic carbocycles. The minimum Gasteiger partial charge on any atom is -0.480 e. The van der Waals surface area contributed by atoms with Gasteiger partial charge in [-0.25, -0.2) is 9.18 Å². The molecule has 5 heteroatoms. The van der Waals surface area contributed by atoms with Crippen LogP contribution in [0.1, 0.15) is 16.7 Å². The molecule has 0 spiro atoms. The summed E-state index contributed by atoms with van der Waals surface area (Å²) in [4.78, 5) is 23.4. The van der Waals surface area contributed by atoms with Crippen molar-refractivity contribution in [3.8, 4) is 0 Å². The zero-order valence-corrected chi connectivity index (χ0v) is 12.8. The van der Waals surface area contributed by atoms with E-state index in [1.54, 1.807) is 0 Å². The maximum atomic E-state index is 12.8. The lowest BCUT2D eigenvalue weighted by molar-refractivity contribution is -0.141. The molecule has 23 heavy (non-hydrogen) atoms. The second-order valence-electron chi connectivity index (χ2n) is 5.39. The number of aliphatic carboxylic acids is 1. The van der Waals surface area contributed by atoms with Crippen molar-refractivity contribution in [2.75, 3.05) is 0 Å². The average molecular weight is 315 g/mol. The first-order chi connectivity index (χ1) is 11.0. The third-order valence-corrected chi connectivity index (χ3v) is 3.60. The lowest BCUT2D eigenvalue weighted by atomic mass is 10.0. The molecule has 0 fully saturated rings. The predicted octanol–water partition coefficient (Wildman–Crippen LogP) is 2.49. The highest BCUT2D eigenvalue weighted by atomic mass is 19.1. The molecular weight excluding hydrogens is 297 g/mol. The van der Waals surface area contributed by atoms with Crippen molar-refractivity contribution in [2.45, 2.75) is 25.8 Å². The normalized spacial score (nSPS) is 11.7. The molecule has 2 rings (SSSR count). The van der Waals surface area contributed by atoms with E-state index in [2.05, 4.69) is 5.32 Å². The van der Waals surface area contributed by atoms with E-state index in [4.69, 9.17) is 0 Å². The van der Waals surface area contributed by atoms with Crippen LogP contribution in [0.25, 0.3) is 0 Å². The number of aryl methyl sites for hydroxylation is 1. The van der Waals surface area contributed by atoms with Crippen LogP contribution in [0.5, 0.6) is 0 Å². The molecule has 1 amide bonds. The van der Waals surface area contributed by atoms with E-state index < -0.39 is 17.9 Å². The Balaban J connectivity index is 2.01. The number of hydrogen-bond donors (Lipinski definition) is 2. The monoisotopic (exact) mass is 315 g/mol. The van der Waals surface area contributed by atoms with E-state index in [0.29, 0.717) is 5.56 Å². The van der Waals surface area contributed by atoms with Crippen LogP contribution in [0.2, 0.25) is 0 Å². The number of hydrogen-bond acceptors (Lipinski definition) is 2. The summed E-state index contributed by atoms with van der Waals surface area (Å²) in [5.74, 6) is -1.87. The Morgan fingerprint density at radius 1 is 1.13 bits per heavy atom. The highest BCUT2D eigenvalue weighted by molar-refractivity contribution is 5.85. The first-order valence-corrected chi connectivity index (χ1v) is 7.27. The molecule has 0 bridgehead atoms. The zero-order chi connectivity index (χ0) is 16.8. The summed E-state index contributed by atoms with van der Waals surface area (Å²) in [7, 11) is 0. The molecule has 120 valence electrons. The van der Waals surface area contributed by atoms with Crippen molar-refractivity contribution in [3.63, 3.8) is 0 Å². The summed E-state index contributed by atoms with van der Waals surface area (Å²) in [5.41, 5.74) is 2.48. The number of carboxylic acid groups (broad SMARTS) is 1. The molecule has 0 saturated heterocycles. The van der Waals surface area contributed by atoms with Gasteiger partial charge in [0.1, 0.15) is 11.9 Å². The van der Waals surface area contributed by atoms with Gasteiger partial charge in [0, 0.05) is 6.42 Å². The van der Waals surface area contributed by atoms with Gasteiger partial charge in [0.2, 0.25) is 5.91 Å². The van der Waals surface area contributed by atoms with E-state index in [9.17, 15) is 19.1 Å². The molecule has 2 aromatic rings. The minimum absolute atomic E-state index is 0.0117. The van der Waals surface area contributed by atoms with Crippen molar-refractivity contribution >= 4 is 11.9 Å². The quantitative estimate of drug-likeness (QED) is 0.860. The summed E-state index contributed by atoms with van der Waals surface area (Å²) in [6.45, 7) is 1.90. The van der Waals surface area contributed by atoms with E-state index >= 15 is 0 Å². The third-order valence-electron chi connectivity index (χ3n) is 3.60. The molecule has 2 N–H and O–H groups in total. The lowest BCUT2D eigenvalue weighted by Gasteiger charge is -2.16. The van der Waals surface area contributed by atoms with Crippen LogP contribution in [0.4, 0.5) is 4.39 Å². The van der Waals surface area contributed by atoms with Gasteiger partial charge < -0.3 is 10.4 Å². The molecule has 0 aromatic heterocycles. The molecular formula is C18H18FNO3. The van der Waals surface area contributed by atoms with Gasteiger partial charge in [-0.3, -0.25) is 4.79 Å². The van der Waals surface area contributed by atoms with Crippen molar-refractivity contribution in [3.05, 3.63) is 71.0 Å². The summed E-state index contributed by atoms with van der Waals surface area (Å²) in [5, 5.41) is 11.8. The second-order valence-corrected chi connectivity index (χ2v) is 5.39. The number of nitrogens with one attached hydrogen (secondary N) is 1. The summed E-state index contributed by atoms with van der Waals surface area (Å²) < 4.78 is 12.8. The van der Waals surface area contributed by atoms with E-state index in [1.165, 1.54) is 24.3 Å². The van der Waals surface area contributed by atoms with Gasteiger partial charge in [-0.05, 0) is 35.7 Å². The minimum atomic E-state index is -1.08. The highest BCUT2D eigenvalue weighted by Gasteiger charge is 2.21. The van der Waals surface area contributed by atoms with Gasteiger partial charge in [-0.1, -0.05) is 36.4 Å². The van der Waals surface area contributed by atoms with Crippen molar-refractivity contribution in [2.24, 2.45) is 0 Å². The van der Waals surface area contributed by atoms with Crippen LogP contribution in [0.15, 0.2) is 48.5 Å². The first-order valence-electron chi connectivity index (χ1n) is 7.27. The topological polar surface area (TPSA) is 66.4 Å². The fourth-order valence-corrected chi connectivity index (χ4v) is 2.29. The number of carbonyl (C=O) groups excluding carboxylic acids is 1. The maximum absolute atomic E-state index is 12.8. The Hall–Kier alpha value is -2.69. The van der Waals surface area contributed by atoms with Crippen LogP contribution < -0.4 is 5.32 Å². The van der Waals surface area contributed by atoms with Crippen LogP contribution in [0.3, 0.4) is 0 Å². The van der Waals surface area contributed by atoms with E-state index in [-0.39, 0.29) is 18.7 Å². The number of carboxylic acids is 1. The smallest absolute Gasteiger partial charge is 0.326 e. The summed E-state index contributed by atoms with van der Waals surface area (Å²) >= 11 is 0. The van der Waals surface area contributed by atoms with Crippen molar-refractivity contribution in [1.82, 2.24) is 5.32 Å². The Morgan fingerprint density at radius 3 is 2.39 bits per heavy atom. The van der Waals surface area contributed by atoms with E-state index in [1.807, 2.05) is 31.2 Å². The molecule has 0 aliphatic heterocycles. The standard InChI is InChI=1S/C18H18FNO3/c1-12-4-2-3-5-14(12)11-16(18(22)23)20-17(21)10-13-6-8-15(19)9-7-13/h2-9,16H,10-11H2,1H3,(H,20,21)(H,22,23)/t16-/m0/s1. The fourth-order valence-electron chi connectivity index (χ4n) is 2.29. The van der Waals surface area contributed by atoms with Crippen LogP contribution in [-0.2, 0) is 22.4 Å². The first kappa shape index (κ1) is 16.7. The SMILES string of the molecule is Cc1ccccc1C[C@H](NC(=O)Cc1ccc(F)cc1)C(=O)O. The van der Waals surface area contributed by atoms with Gasteiger partial charge in [0.05, 0.1) is 6.42 Å². The second kappa shape index (κ2) is 7.54. The predicted molar refractivity (Wildman–Crippen MR) is 84.6 cm³/mol. The van der Waals surface area contributed by atoms with Gasteiger partial charge >= 0.3 is 5.97 Å². The largest absolute Gasteiger partial charge is 0.480 e. The molecule has 4 nitrogen and oxygen atoms in total. The molecule has 0 aliphatic carbocycles. The van der Waals surface area contributed by atoms with Crippen molar-refractivity contribution in [1.29, 1.82) is 0 Å². The number of rotatable bonds is 6. The van der Waals surface area contributed by atoms with Gasteiger partial charge in [0.25, 0.3) is 0 Å². The fraction of sp³-hybridized carbons (Fsp3) is 0.222. The Labute approximate surface area is 134 Å². The van der Waals surface area contributed by atoms with Crippen LogP contribution in [0, 0.1) is 12.7 Å². The molecule has 1 atom stereocenters. The summed E-state index contributed by atoms with van der Waals surface area (Å²) in [6.07, 6.45) is 0.231. The number of benzene rings is 2. The molecule has 0 unspecified atom stereocenters. The average Bonchev–Trinajstić information content (AvgIpc) is 2.51. The molecule has 0 aliphatic rings. The zero-order valence-electron chi connectivity index (χ0n) is 12.8. The highest BCUT2D eigenvalue weighted by Crippen LogP contribution is 2.10. The maximum Gasteiger partial charge on any atom is 0.326 e. The lowest BCUT2D eigenvalue weighted by Crippen LogP contribution is -2.43. The van der Waals surface area contributed by atoms with Gasteiger partial charge in [0.15, 0.2) is 0 Å². The molecule has 0 radical (unpaired) electrons. The third kappa shape index (κ3) is 4.92. The Kier molecular flexibility index (Phi) is 5.46. The van der Waals surface area contributed by atoms with Crippen LogP contribution in [-0.4, -0.2) is 23.0 Å². The number of carbonyl (C=O) groups is 2. The Bertz CT molecular complexity index is 698. The Morgan fingerprint density at radius 2 is 1.78 bits per heavy atom. The van der Waals surface area contributed by atoms with Crippen molar-refractivity contribution < 1.29 is 19.1 Å². The van der Waals surface area contributed by atoms with Gasteiger partial charge in [-0.15, -0.1) is 0 Å².